The largest absolute Gasteiger partial charge is 0.317 e. The van der Waals surface area contributed by atoms with Gasteiger partial charge in [0.2, 0.25) is 0 Å². The van der Waals surface area contributed by atoms with Crippen molar-refractivity contribution in [3.05, 3.63) is 44.3 Å². The molecule has 0 atom stereocenters. The van der Waals surface area contributed by atoms with Crippen molar-refractivity contribution in [3.63, 3.8) is 0 Å². The number of thiazole rings is 1. The number of amides is 1. The van der Waals surface area contributed by atoms with Gasteiger partial charge in [-0.1, -0.05) is 0 Å². The number of anilines is 1. The molecule has 1 aliphatic heterocycles. The van der Waals surface area contributed by atoms with Gasteiger partial charge in [-0.2, -0.15) is 0 Å². The summed E-state index contributed by atoms with van der Waals surface area (Å²) < 4.78 is 1.73. The molecule has 2 aromatic rings. The van der Waals surface area contributed by atoms with Crippen molar-refractivity contribution in [2.45, 2.75) is 45.1 Å². The van der Waals surface area contributed by atoms with Crippen LogP contribution in [0.25, 0.3) is 0 Å². The minimum Gasteiger partial charge on any atom is -0.317 e. The highest BCUT2D eigenvalue weighted by Crippen LogP contribution is 2.30. The van der Waals surface area contributed by atoms with Crippen molar-refractivity contribution in [2.24, 2.45) is 0 Å². The number of nitrogens with one attached hydrogen (secondary N) is 2. The van der Waals surface area contributed by atoms with Crippen LogP contribution in [0.5, 0.6) is 0 Å². The molecule has 1 amide bonds. The quantitative estimate of drug-likeness (QED) is 0.883. The van der Waals surface area contributed by atoms with Gasteiger partial charge in [0, 0.05) is 17.1 Å². The third kappa shape index (κ3) is 3.14. The van der Waals surface area contributed by atoms with E-state index < -0.39 is 0 Å². The van der Waals surface area contributed by atoms with E-state index in [1.54, 1.807) is 4.57 Å². The maximum atomic E-state index is 12.9. The number of piperidine rings is 1. The molecule has 1 aliphatic carbocycles. The maximum Gasteiger partial charge on any atom is 0.263 e. The predicted molar refractivity (Wildman–Crippen MR) is 98.7 cm³/mol. The van der Waals surface area contributed by atoms with Crippen molar-refractivity contribution in [1.82, 2.24) is 14.9 Å². The van der Waals surface area contributed by atoms with Crippen LogP contribution in [0, 0.1) is 6.92 Å². The Balaban J connectivity index is 1.61. The second-order valence-corrected chi connectivity index (χ2v) is 7.85. The van der Waals surface area contributed by atoms with Crippen LogP contribution in [0.15, 0.2) is 17.1 Å². The van der Waals surface area contributed by atoms with Crippen LogP contribution in [0.4, 0.5) is 5.13 Å². The Hall–Kier alpha value is -1.99. The molecule has 4 rings (SSSR count). The molecule has 0 aromatic carbocycles. The maximum absolute atomic E-state index is 12.9. The fourth-order valence-electron chi connectivity index (χ4n) is 3.69. The molecular formula is C18H22N4O2S. The van der Waals surface area contributed by atoms with Gasteiger partial charge >= 0.3 is 0 Å². The van der Waals surface area contributed by atoms with Crippen LogP contribution < -0.4 is 16.2 Å². The zero-order valence-electron chi connectivity index (χ0n) is 14.3. The van der Waals surface area contributed by atoms with E-state index in [0.717, 1.165) is 50.9 Å². The van der Waals surface area contributed by atoms with E-state index in [0.29, 0.717) is 10.7 Å². The molecule has 1 fully saturated rings. The number of rotatable bonds is 3. The average molecular weight is 358 g/mol. The average Bonchev–Trinajstić information content (AvgIpc) is 3.17. The lowest BCUT2D eigenvalue weighted by atomic mass is 10.0. The zero-order valence-corrected chi connectivity index (χ0v) is 15.1. The van der Waals surface area contributed by atoms with Crippen molar-refractivity contribution >= 4 is 22.4 Å². The van der Waals surface area contributed by atoms with Gasteiger partial charge in [-0.05, 0) is 63.7 Å². The number of nitrogens with zero attached hydrogens (tertiary/aromatic N) is 2. The summed E-state index contributed by atoms with van der Waals surface area (Å²) in [4.78, 5) is 31.4. The molecule has 1 saturated heterocycles. The topological polar surface area (TPSA) is 76.0 Å². The molecule has 2 aliphatic rings. The van der Waals surface area contributed by atoms with Crippen molar-refractivity contribution in [1.29, 1.82) is 0 Å². The monoisotopic (exact) mass is 358 g/mol. The number of aromatic nitrogens is 2. The third-order valence-corrected chi connectivity index (χ3v) is 6.15. The molecule has 0 saturated carbocycles. The van der Waals surface area contributed by atoms with Crippen molar-refractivity contribution in [2.75, 3.05) is 18.4 Å². The highest BCUT2D eigenvalue weighted by atomic mass is 32.1. The molecule has 0 unspecified atom stereocenters. The summed E-state index contributed by atoms with van der Waals surface area (Å²) >= 11 is 1.53. The van der Waals surface area contributed by atoms with Gasteiger partial charge in [-0.15, -0.1) is 11.3 Å². The summed E-state index contributed by atoms with van der Waals surface area (Å²) in [6.07, 6.45) is 6.79. The molecule has 0 bridgehead atoms. The van der Waals surface area contributed by atoms with Gasteiger partial charge in [0.15, 0.2) is 5.13 Å². The first-order valence-corrected chi connectivity index (χ1v) is 9.67. The Labute approximate surface area is 150 Å². The standard InChI is InChI=1S/C18H22N4O2S/c1-11-7-10-22(12-5-8-19-9-6-12)17(24)15(11)16(23)21-18-20-13-3-2-4-14(13)25-18/h7,10,12,19H,2-6,8-9H2,1H3,(H,20,21,23). The number of pyridine rings is 1. The number of fused-ring (bicyclic) bond motifs is 1. The molecule has 2 aromatic heterocycles. The van der Waals surface area contributed by atoms with E-state index in [9.17, 15) is 9.59 Å². The Morgan fingerprint density at radius 1 is 1.36 bits per heavy atom. The molecule has 0 spiro atoms. The zero-order chi connectivity index (χ0) is 17.4. The van der Waals surface area contributed by atoms with Crippen LogP contribution in [0.1, 0.15) is 51.8 Å². The Morgan fingerprint density at radius 2 is 2.16 bits per heavy atom. The lowest BCUT2D eigenvalue weighted by Crippen LogP contribution is -2.37. The number of hydrogen-bond acceptors (Lipinski definition) is 5. The van der Waals surface area contributed by atoms with Gasteiger partial charge in [0.1, 0.15) is 5.56 Å². The second kappa shape index (κ2) is 6.72. The molecule has 7 heteroatoms. The fourth-order valence-corrected chi connectivity index (χ4v) is 4.74. The van der Waals surface area contributed by atoms with Crippen LogP contribution in [-0.4, -0.2) is 28.5 Å². The number of carbonyl (C=O) groups excluding carboxylic acids is 1. The first kappa shape index (κ1) is 16.5. The van der Waals surface area contributed by atoms with Crippen LogP contribution >= 0.6 is 11.3 Å². The first-order valence-electron chi connectivity index (χ1n) is 8.86. The third-order valence-electron chi connectivity index (χ3n) is 5.07. The van der Waals surface area contributed by atoms with E-state index >= 15 is 0 Å². The summed E-state index contributed by atoms with van der Waals surface area (Å²) in [5.41, 5.74) is 1.83. The smallest absolute Gasteiger partial charge is 0.263 e. The van der Waals surface area contributed by atoms with Gasteiger partial charge in [-0.3, -0.25) is 14.9 Å². The first-order chi connectivity index (χ1) is 12.1. The molecule has 6 nitrogen and oxygen atoms in total. The molecule has 132 valence electrons. The van der Waals surface area contributed by atoms with Crippen LogP contribution in [0.2, 0.25) is 0 Å². The highest BCUT2D eigenvalue weighted by molar-refractivity contribution is 7.16. The van der Waals surface area contributed by atoms with E-state index in [2.05, 4.69) is 15.6 Å². The molecular weight excluding hydrogens is 336 g/mol. The van der Waals surface area contributed by atoms with Gasteiger partial charge in [-0.25, -0.2) is 4.98 Å². The Kier molecular flexibility index (Phi) is 4.43. The van der Waals surface area contributed by atoms with E-state index in [-0.39, 0.29) is 23.1 Å². The summed E-state index contributed by atoms with van der Waals surface area (Å²) in [6, 6.07) is 2.02. The van der Waals surface area contributed by atoms with E-state index in [1.165, 1.54) is 16.2 Å². The minimum absolute atomic E-state index is 0.157. The van der Waals surface area contributed by atoms with E-state index in [4.69, 9.17) is 0 Å². The summed E-state index contributed by atoms with van der Waals surface area (Å²) in [6.45, 7) is 3.61. The van der Waals surface area contributed by atoms with Gasteiger partial charge in [0.25, 0.3) is 11.5 Å². The van der Waals surface area contributed by atoms with Crippen LogP contribution in [0.3, 0.4) is 0 Å². The fraction of sp³-hybridized carbons (Fsp3) is 0.500. The lowest BCUT2D eigenvalue weighted by Gasteiger charge is -2.25. The van der Waals surface area contributed by atoms with Crippen LogP contribution in [-0.2, 0) is 12.8 Å². The summed E-state index contributed by atoms with van der Waals surface area (Å²) in [5, 5.41) is 6.75. The van der Waals surface area contributed by atoms with Gasteiger partial charge in [0.05, 0.1) is 5.69 Å². The summed E-state index contributed by atoms with van der Waals surface area (Å²) in [7, 11) is 0. The molecule has 25 heavy (non-hydrogen) atoms. The highest BCUT2D eigenvalue weighted by Gasteiger charge is 2.23. The molecule has 2 N–H and O–H groups in total. The van der Waals surface area contributed by atoms with Gasteiger partial charge < -0.3 is 9.88 Å². The minimum atomic E-state index is -0.349. The Morgan fingerprint density at radius 3 is 2.92 bits per heavy atom. The normalized spacial score (nSPS) is 17.5. The number of carbonyl (C=O) groups is 1. The van der Waals surface area contributed by atoms with E-state index in [1.807, 2.05) is 19.2 Å². The molecule has 0 radical (unpaired) electrons. The second-order valence-electron chi connectivity index (χ2n) is 6.76. The SMILES string of the molecule is Cc1ccn(C2CCNCC2)c(=O)c1C(=O)Nc1nc2c(s1)CCC2. The lowest BCUT2D eigenvalue weighted by molar-refractivity contribution is 0.102. The summed E-state index contributed by atoms with van der Waals surface area (Å²) in [5.74, 6) is -0.349. The Bertz CT molecular complexity index is 843. The molecule has 3 heterocycles. The predicted octanol–water partition coefficient (Wildman–Crippen LogP) is 2.28. The number of hydrogen-bond donors (Lipinski definition) is 2. The van der Waals surface area contributed by atoms with Crippen molar-refractivity contribution in [3.8, 4) is 0 Å². The number of aryl methyl sites for hydroxylation is 3. The van der Waals surface area contributed by atoms with Crippen molar-refractivity contribution < 1.29 is 4.79 Å².